The molecule has 1 fully saturated rings. The molecule has 0 radical (unpaired) electrons. The highest BCUT2D eigenvalue weighted by molar-refractivity contribution is 5.84. The molecule has 1 saturated carbocycles. The van der Waals surface area contributed by atoms with Crippen LogP contribution in [-0.2, 0) is 134 Å². The molecule has 12 N–H and O–H groups in total. The van der Waals surface area contributed by atoms with Gasteiger partial charge in [0.2, 0.25) is 0 Å². The van der Waals surface area contributed by atoms with Crippen LogP contribution in [0.5, 0.6) is 5.75 Å². The maximum atomic E-state index is 10.7. The van der Waals surface area contributed by atoms with Gasteiger partial charge in [0.25, 0.3) is 0 Å². The first-order chi connectivity index (χ1) is 62.5. The van der Waals surface area contributed by atoms with Crippen molar-refractivity contribution >= 4 is 69.4 Å². The molecule has 4 rings (SSSR count). The summed E-state index contributed by atoms with van der Waals surface area (Å²) in [4.78, 5) is 126. The van der Waals surface area contributed by atoms with Gasteiger partial charge < -0.3 is 123 Å². The number of hydrogen-bond donors (Lipinski definition) is 12. The van der Waals surface area contributed by atoms with E-state index < -0.39 is 84.6 Å². The number of unbranched alkanes of at least 4 members (excludes halogenated alkanes) is 1. The molecule has 0 amide bonds. The summed E-state index contributed by atoms with van der Waals surface area (Å²) in [5.41, 5.74) is 3.17. The van der Waals surface area contributed by atoms with Gasteiger partial charge in [0.1, 0.15) is 158 Å². The largest absolute Gasteiger partial charge is 0.497 e. The van der Waals surface area contributed by atoms with Gasteiger partial charge in [-0.25, -0.2) is 0 Å². The van der Waals surface area contributed by atoms with E-state index >= 15 is 0 Å². The monoisotopic (exact) mass is 1870 g/mol. The van der Waals surface area contributed by atoms with E-state index in [0.29, 0.717) is 96.7 Å². The molecular weight excluding hydrogens is 1710 g/mol. The average molecular weight is 1870 g/mol. The SMILES string of the molecule is CC(C)COCC(=O)CO.CCC(=O)COCC(=O)CO.CCC(O)COCC(=O)CO.CCCCC(CC)COCC(=O)CO.CCCOCC(=O)CO.CCCOCCOCC(=O)CO.CCOCC(=O)CO.COc1ccc(COCC(=O)CO)cc1.O=C(CO)COCC1CCCCC1.O=C(CO)COCCc1ccccc1.O=C(CO)COCc1ccccc1. The van der Waals surface area contributed by atoms with Gasteiger partial charge in [0.15, 0.2) is 69.4 Å². The number of methoxy groups -OCH3 is 1. The van der Waals surface area contributed by atoms with Crippen molar-refractivity contribution in [3.05, 3.63) is 102 Å². The summed E-state index contributed by atoms with van der Waals surface area (Å²) in [6.07, 6.45) is 14.2. The fourth-order valence-corrected chi connectivity index (χ4v) is 8.63. The van der Waals surface area contributed by atoms with Gasteiger partial charge >= 0.3 is 0 Å². The summed E-state index contributed by atoms with van der Waals surface area (Å²) in [6.45, 7) is 18.6. The zero-order chi connectivity index (χ0) is 99.3. The van der Waals surface area contributed by atoms with E-state index in [-0.39, 0.29) is 150 Å². The Bertz CT molecular complexity index is 3100. The first-order valence-corrected chi connectivity index (χ1v) is 43.7. The molecule has 130 heavy (non-hydrogen) atoms. The lowest BCUT2D eigenvalue weighted by Gasteiger charge is -2.20. The van der Waals surface area contributed by atoms with Crippen molar-refractivity contribution in [2.24, 2.45) is 17.8 Å². The summed E-state index contributed by atoms with van der Waals surface area (Å²) in [6, 6.07) is 26.9. The third-order valence-electron chi connectivity index (χ3n) is 15.9. The molecule has 2 unspecified atom stereocenters. The quantitative estimate of drug-likeness (QED) is 0.0356. The number of rotatable bonds is 65. The molecule has 0 spiro atoms. The maximum Gasteiger partial charge on any atom is 0.183 e. The van der Waals surface area contributed by atoms with Crippen LogP contribution >= 0.6 is 0 Å². The van der Waals surface area contributed by atoms with Crippen molar-refractivity contribution in [3.63, 3.8) is 0 Å². The van der Waals surface area contributed by atoms with Gasteiger partial charge in [-0.15, -0.1) is 0 Å². The highest BCUT2D eigenvalue weighted by Crippen LogP contribution is 2.23. The van der Waals surface area contributed by atoms with Crippen molar-refractivity contribution in [2.75, 3.05) is 225 Å². The second-order valence-corrected chi connectivity index (χ2v) is 28.4. The van der Waals surface area contributed by atoms with Gasteiger partial charge in [-0.1, -0.05) is 167 Å². The van der Waals surface area contributed by atoms with Gasteiger partial charge in [0, 0.05) is 46.1 Å². The number of aliphatic hydroxyl groups is 12. The highest BCUT2D eigenvalue weighted by Gasteiger charge is 2.15. The van der Waals surface area contributed by atoms with Crippen molar-refractivity contribution in [1.29, 1.82) is 0 Å². The normalized spacial score (nSPS) is 11.4. The van der Waals surface area contributed by atoms with Gasteiger partial charge in [-0.2, -0.15) is 0 Å². The number of ether oxygens (including phenoxy) is 13. The van der Waals surface area contributed by atoms with Crippen LogP contribution in [0.15, 0.2) is 84.9 Å². The van der Waals surface area contributed by atoms with Gasteiger partial charge in [-0.05, 0) is 98.4 Å². The van der Waals surface area contributed by atoms with Crippen LogP contribution in [0, 0.1) is 17.8 Å². The van der Waals surface area contributed by atoms with Crippen LogP contribution in [0.25, 0.3) is 0 Å². The summed E-state index contributed by atoms with van der Waals surface area (Å²) < 4.78 is 64.6. The second-order valence-electron chi connectivity index (χ2n) is 28.4. The van der Waals surface area contributed by atoms with Crippen LogP contribution < -0.4 is 4.74 Å². The minimum absolute atomic E-state index is 0.00331. The number of benzene rings is 3. The number of carbonyl (C=O) groups is 12. The van der Waals surface area contributed by atoms with E-state index in [1.54, 1.807) is 21.0 Å². The molecule has 3 aromatic carbocycles. The van der Waals surface area contributed by atoms with Crippen molar-refractivity contribution in [2.45, 2.75) is 172 Å². The predicted octanol–water partition coefficient (Wildman–Crippen LogP) is 3.92. The smallest absolute Gasteiger partial charge is 0.183 e. The van der Waals surface area contributed by atoms with Crippen molar-refractivity contribution in [3.8, 4) is 5.75 Å². The molecule has 0 saturated heterocycles. The van der Waals surface area contributed by atoms with Crippen LogP contribution in [0.2, 0.25) is 0 Å². The van der Waals surface area contributed by atoms with E-state index in [4.69, 9.17) is 113 Å². The van der Waals surface area contributed by atoms with E-state index in [0.717, 1.165) is 49.2 Å². The minimum atomic E-state index is -0.527. The van der Waals surface area contributed by atoms with Crippen LogP contribution in [0.4, 0.5) is 0 Å². The molecule has 1 aliphatic carbocycles. The second kappa shape index (κ2) is 107. The Morgan fingerprint density at radius 3 is 1.05 bits per heavy atom. The maximum absolute atomic E-state index is 10.7. The standard InChI is InChI=1S/C11H14O4.C11H14O3.C11H22O3.C10H18O3.C10H12O3.C8H16O4.C7H14O4.C7H12O4.C7H14O3.C6H12O3.C5H10O3/c1-14-11-4-2-9(3-5-11)7-15-8-10(13)6-12;12-8-11(13)9-14-7-6-10-4-2-1-3-5-10;1-3-5-6-10(4-2)8-14-9-11(13)7-12;2*11-6-10(12)8-13-7-9-4-2-1-3-5-9;1-2-3-11-4-5-12-7-8(10)6-9;2*1-2-6(9)4-11-5-7(10)3-8;1-6(2)4-10-5-7(9)3-8;1-2-3-9-5-6(8)4-7;1-2-8-4-5(7)3-6/h2-5,12H,6-8H2,1H3;1-5,12H,6-9H2;10,12H,3-9H2,1-2H3;9,11H,1-8H2;1-5,11H,6-8H2;9H,2-7H2,1H3;6,8-9H,2-5H2,1H3;8H,2-5H2,1H3;6,8H,3-5H2,1-2H3;7H,2-5H2,1H3;6H,2-4H2,1H3. The van der Waals surface area contributed by atoms with Crippen LogP contribution in [-0.4, -0.2) is 362 Å². The Morgan fingerprint density at radius 2 is 0.669 bits per heavy atom. The molecule has 0 aromatic heterocycles. The Balaban J connectivity index is -0.000000257. The zero-order valence-corrected chi connectivity index (χ0v) is 78.6. The summed E-state index contributed by atoms with van der Waals surface area (Å²) in [5, 5.41) is 101. The first-order valence-electron chi connectivity index (χ1n) is 43.7. The third-order valence-corrected chi connectivity index (χ3v) is 15.9. The fraction of sp³-hybridized carbons (Fsp3) is 0.677. The van der Waals surface area contributed by atoms with E-state index in [1.165, 1.54) is 56.9 Å². The Labute approximate surface area is 768 Å². The molecule has 3 aromatic rings. The van der Waals surface area contributed by atoms with Gasteiger partial charge in [0.05, 0.1) is 52.9 Å². The van der Waals surface area contributed by atoms with Crippen molar-refractivity contribution in [1.82, 2.24) is 0 Å². The summed E-state index contributed by atoms with van der Waals surface area (Å²) >= 11 is 0. The number of carbonyl (C=O) groups excluding carboxylic acids is 12. The number of Topliss-reactive ketones (excluding diaryl/α,β-unsaturated/α-hetero) is 12. The summed E-state index contributed by atoms with van der Waals surface area (Å²) in [5.74, 6) is -0.860. The molecular formula is C93H158O37. The van der Waals surface area contributed by atoms with Crippen molar-refractivity contribution < 1.29 is 180 Å². The van der Waals surface area contributed by atoms with E-state index in [2.05, 4.69) is 23.3 Å². The molecule has 2 atom stereocenters. The number of ketones is 12. The Morgan fingerprint density at radius 1 is 0.331 bits per heavy atom. The number of hydrogen-bond acceptors (Lipinski definition) is 37. The topological polar surface area (TPSA) is 568 Å². The molecule has 0 heterocycles. The lowest BCUT2D eigenvalue weighted by Crippen LogP contribution is -2.19. The lowest BCUT2D eigenvalue weighted by atomic mass is 9.90. The van der Waals surface area contributed by atoms with E-state index in [9.17, 15) is 57.5 Å². The van der Waals surface area contributed by atoms with E-state index in [1.807, 2.05) is 120 Å². The minimum Gasteiger partial charge on any atom is -0.497 e. The molecule has 752 valence electrons. The lowest BCUT2D eigenvalue weighted by molar-refractivity contribution is -0.131. The number of aliphatic hydroxyl groups excluding tert-OH is 12. The molecule has 37 nitrogen and oxygen atoms in total. The third kappa shape index (κ3) is 108. The molecule has 0 bridgehead atoms. The Hall–Kier alpha value is -7.46. The highest BCUT2D eigenvalue weighted by atomic mass is 16.5. The zero-order valence-electron chi connectivity index (χ0n) is 78.6. The fourth-order valence-electron chi connectivity index (χ4n) is 8.63. The summed E-state index contributed by atoms with van der Waals surface area (Å²) in [7, 11) is 1.60. The van der Waals surface area contributed by atoms with Gasteiger partial charge in [-0.3, -0.25) is 57.5 Å². The molecule has 0 aliphatic heterocycles. The van der Waals surface area contributed by atoms with Crippen LogP contribution in [0.1, 0.15) is 162 Å². The first kappa shape index (κ1) is 136. The molecule has 1 aliphatic rings. The Kier molecular flexibility index (Phi) is 111. The molecule has 37 heteroatoms. The average Bonchev–Trinajstić information content (AvgIpc) is 0.928. The van der Waals surface area contributed by atoms with Crippen LogP contribution in [0.3, 0.4) is 0 Å². The predicted molar refractivity (Wildman–Crippen MR) is 483 cm³/mol.